The van der Waals surface area contributed by atoms with Crippen molar-refractivity contribution in [2.45, 2.75) is 65.1 Å². The molecule has 2 heterocycles. The number of morpholine rings is 1. The van der Waals surface area contributed by atoms with E-state index < -0.39 is 11.6 Å². The molecule has 0 radical (unpaired) electrons. The molecule has 4 amide bonds. The summed E-state index contributed by atoms with van der Waals surface area (Å²) < 4.78 is 5.43. The first kappa shape index (κ1) is 24.7. The number of benzene rings is 1. The minimum Gasteiger partial charge on any atom is -0.379 e. The topological polar surface area (TPSA) is 91.0 Å². The first-order valence-electron chi connectivity index (χ1n) is 12.5. The van der Waals surface area contributed by atoms with Crippen molar-refractivity contribution in [1.82, 2.24) is 20.4 Å². The minimum atomic E-state index is -0.843. The highest BCUT2D eigenvalue weighted by atomic mass is 16.5. The van der Waals surface area contributed by atoms with Crippen molar-refractivity contribution in [2.24, 2.45) is 11.3 Å². The van der Waals surface area contributed by atoms with Gasteiger partial charge in [0.05, 0.1) is 13.2 Å². The molecule has 3 fully saturated rings. The number of hydrogen-bond donors (Lipinski definition) is 2. The van der Waals surface area contributed by atoms with Gasteiger partial charge >= 0.3 is 6.03 Å². The second kappa shape index (κ2) is 10.0. The molecule has 1 spiro atoms. The van der Waals surface area contributed by atoms with Crippen LogP contribution in [0.2, 0.25) is 0 Å². The van der Waals surface area contributed by atoms with Gasteiger partial charge in [0.2, 0.25) is 5.91 Å². The molecule has 3 aliphatic rings. The van der Waals surface area contributed by atoms with Gasteiger partial charge in [-0.3, -0.25) is 19.4 Å². The second-order valence-electron chi connectivity index (χ2n) is 11.0. The SMILES string of the molecule is CC(C)(C)C1CCC2(CC1)NC(=O)N(CC(=O)NCc1ccccc1CN1CCOCC1)C2=O. The Morgan fingerprint density at radius 3 is 2.41 bits per heavy atom. The van der Waals surface area contributed by atoms with Crippen LogP contribution in [0.15, 0.2) is 24.3 Å². The van der Waals surface area contributed by atoms with E-state index in [2.05, 4.69) is 42.4 Å². The van der Waals surface area contributed by atoms with Crippen molar-refractivity contribution in [3.63, 3.8) is 0 Å². The number of nitrogens with one attached hydrogen (secondary N) is 2. The van der Waals surface area contributed by atoms with Crippen molar-refractivity contribution >= 4 is 17.8 Å². The summed E-state index contributed by atoms with van der Waals surface area (Å²) in [6.45, 7) is 10.9. The third-order valence-electron chi connectivity index (χ3n) is 7.70. The van der Waals surface area contributed by atoms with Crippen LogP contribution in [0.4, 0.5) is 4.79 Å². The highest BCUT2D eigenvalue weighted by Crippen LogP contribution is 2.43. The Balaban J connectivity index is 1.32. The van der Waals surface area contributed by atoms with Gasteiger partial charge in [-0.25, -0.2) is 4.79 Å². The van der Waals surface area contributed by atoms with Crippen molar-refractivity contribution in [2.75, 3.05) is 32.8 Å². The lowest BCUT2D eigenvalue weighted by Crippen LogP contribution is -2.51. The summed E-state index contributed by atoms with van der Waals surface area (Å²) in [5.41, 5.74) is 1.54. The van der Waals surface area contributed by atoms with Crippen LogP contribution in [-0.2, 0) is 27.4 Å². The molecular weight excluding hydrogens is 432 g/mol. The largest absolute Gasteiger partial charge is 0.379 e. The molecule has 2 aliphatic heterocycles. The molecule has 186 valence electrons. The first-order valence-corrected chi connectivity index (χ1v) is 12.5. The molecular formula is C26H38N4O4. The lowest BCUT2D eigenvalue weighted by atomic mass is 9.67. The number of hydrogen-bond acceptors (Lipinski definition) is 5. The van der Waals surface area contributed by atoms with Gasteiger partial charge in [-0.05, 0) is 48.1 Å². The van der Waals surface area contributed by atoms with Crippen LogP contribution in [-0.4, -0.2) is 66.0 Å². The Kier molecular flexibility index (Phi) is 7.28. The maximum Gasteiger partial charge on any atom is 0.325 e. The summed E-state index contributed by atoms with van der Waals surface area (Å²) in [5, 5.41) is 5.82. The van der Waals surface area contributed by atoms with E-state index in [0.29, 0.717) is 25.3 Å². The molecule has 8 nitrogen and oxygen atoms in total. The third-order valence-corrected chi connectivity index (χ3v) is 7.70. The fourth-order valence-electron chi connectivity index (χ4n) is 5.41. The van der Waals surface area contributed by atoms with E-state index in [9.17, 15) is 14.4 Å². The summed E-state index contributed by atoms with van der Waals surface area (Å²) in [6, 6.07) is 7.59. The Bertz CT molecular complexity index is 912. The van der Waals surface area contributed by atoms with Crippen molar-refractivity contribution in [3.8, 4) is 0 Å². The molecule has 0 bridgehead atoms. The van der Waals surface area contributed by atoms with Gasteiger partial charge in [0.1, 0.15) is 12.1 Å². The van der Waals surface area contributed by atoms with Gasteiger partial charge in [-0.15, -0.1) is 0 Å². The average molecular weight is 471 g/mol. The van der Waals surface area contributed by atoms with Crippen molar-refractivity contribution in [1.29, 1.82) is 0 Å². The highest BCUT2D eigenvalue weighted by Gasteiger charge is 2.53. The van der Waals surface area contributed by atoms with Gasteiger partial charge in [-0.2, -0.15) is 0 Å². The fraction of sp³-hybridized carbons (Fsp3) is 0.654. The normalized spacial score (nSPS) is 26.1. The number of carbonyl (C=O) groups excluding carboxylic acids is 3. The number of urea groups is 1. The van der Waals surface area contributed by atoms with Crippen LogP contribution in [0.3, 0.4) is 0 Å². The molecule has 2 N–H and O–H groups in total. The molecule has 0 aromatic heterocycles. The molecule has 4 rings (SSSR count). The first-order chi connectivity index (χ1) is 16.2. The number of carbonyl (C=O) groups is 3. The second-order valence-corrected chi connectivity index (χ2v) is 11.0. The molecule has 8 heteroatoms. The number of ether oxygens (including phenoxy) is 1. The Morgan fingerprint density at radius 2 is 1.76 bits per heavy atom. The average Bonchev–Trinajstić information content (AvgIpc) is 3.02. The number of rotatable bonds is 6. The van der Waals surface area contributed by atoms with Crippen LogP contribution < -0.4 is 10.6 Å². The van der Waals surface area contributed by atoms with Gasteiger partial charge in [-0.1, -0.05) is 45.0 Å². The Hall–Kier alpha value is -2.45. The smallest absolute Gasteiger partial charge is 0.325 e. The van der Waals surface area contributed by atoms with E-state index in [4.69, 9.17) is 4.74 Å². The van der Waals surface area contributed by atoms with Gasteiger partial charge in [0.25, 0.3) is 5.91 Å². The molecule has 1 saturated carbocycles. The van der Waals surface area contributed by atoms with Gasteiger partial charge in [0, 0.05) is 26.2 Å². The summed E-state index contributed by atoms with van der Waals surface area (Å²) in [6.07, 6.45) is 3.06. The number of nitrogens with zero attached hydrogens (tertiary/aromatic N) is 2. The molecule has 34 heavy (non-hydrogen) atoms. The van der Waals surface area contributed by atoms with E-state index in [1.54, 1.807) is 0 Å². The monoisotopic (exact) mass is 470 g/mol. The van der Waals surface area contributed by atoms with E-state index in [1.165, 1.54) is 0 Å². The maximum atomic E-state index is 13.2. The maximum absolute atomic E-state index is 13.2. The Labute approximate surface area is 202 Å². The molecule has 1 aliphatic carbocycles. The summed E-state index contributed by atoms with van der Waals surface area (Å²) in [5.74, 6) is -0.0597. The molecule has 2 saturated heterocycles. The molecule has 0 unspecified atom stereocenters. The van der Waals surface area contributed by atoms with Crippen molar-refractivity contribution in [3.05, 3.63) is 35.4 Å². The predicted molar refractivity (Wildman–Crippen MR) is 129 cm³/mol. The van der Waals surface area contributed by atoms with Crippen LogP contribution >= 0.6 is 0 Å². The standard InChI is InChI=1S/C26H38N4O4/c1-25(2,3)21-8-10-26(11-9-21)23(32)30(24(33)28-26)18-22(31)27-16-19-6-4-5-7-20(19)17-29-12-14-34-15-13-29/h4-7,21H,8-18H2,1-3H3,(H,27,31)(H,28,33). The molecule has 1 aromatic carbocycles. The summed E-state index contributed by atoms with van der Waals surface area (Å²) in [4.78, 5) is 41.9. The number of amides is 4. The van der Waals surface area contributed by atoms with Crippen LogP contribution in [0.1, 0.15) is 57.6 Å². The van der Waals surface area contributed by atoms with E-state index in [-0.39, 0.29) is 23.8 Å². The Morgan fingerprint density at radius 1 is 1.12 bits per heavy atom. The van der Waals surface area contributed by atoms with Crippen LogP contribution in [0.5, 0.6) is 0 Å². The zero-order valence-electron chi connectivity index (χ0n) is 20.7. The third kappa shape index (κ3) is 5.44. The zero-order valence-corrected chi connectivity index (χ0v) is 20.7. The van der Waals surface area contributed by atoms with Crippen LogP contribution in [0, 0.1) is 11.3 Å². The van der Waals surface area contributed by atoms with Gasteiger partial charge < -0.3 is 15.4 Å². The fourth-order valence-corrected chi connectivity index (χ4v) is 5.41. The predicted octanol–water partition coefficient (Wildman–Crippen LogP) is 2.66. The lowest BCUT2D eigenvalue weighted by molar-refractivity contribution is -0.136. The van der Waals surface area contributed by atoms with Crippen LogP contribution in [0.25, 0.3) is 0 Å². The van der Waals surface area contributed by atoms with E-state index >= 15 is 0 Å². The number of imide groups is 1. The quantitative estimate of drug-likeness (QED) is 0.624. The highest BCUT2D eigenvalue weighted by molar-refractivity contribution is 6.09. The summed E-state index contributed by atoms with van der Waals surface area (Å²) >= 11 is 0. The van der Waals surface area contributed by atoms with Crippen molar-refractivity contribution < 1.29 is 19.1 Å². The van der Waals surface area contributed by atoms with E-state index in [0.717, 1.165) is 61.7 Å². The minimum absolute atomic E-state index is 0.185. The van der Waals surface area contributed by atoms with Gasteiger partial charge in [0.15, 0.2) is 0 Å². The van der Waals surface area contributed by atoms with E-state index in [1.807, 2.05) is 18.2 Å². The molecule has 0 atom stereocenters. The lowest BCUT2D eigenvalue weighted by Gasteiger charge is -2.40. The molecule has 1 aromatic rings. The zero-order chi connectivity index (χ0) is 24.3. The summed E-state index contributed by atoms with van der Waals surface area (Å²) in [7, 11) is 0.